The van der Waals surface area contributed by atoms with Crippen LogP contribution in [0, 0.1) is 23.2 Å². The summed E-state index contributed by atoms with van der Waals surface area (Å²) in [5.41, 5.74) is 0.183. The molecule has 1 atom stereocenters. The van der Waals surface area contributed by atoms with E-state index in [1.54, 1.807) is 18.3 Å². The van der Waals surface area contributed by atoms with Crippen LogP contribution in [0.3, 0.4) is 0 Å². The highest BCUT2D eigenvalue weighted by molar-refractivity contribution is 5.93. The lowest BCUT2D eigenvalue weighted by molar-refractivity contribution is -0.0688. The van der Waals surface area contributed by atoms with Gasteiger partial charge in [-0.25, -0.2) is 0 Å². The minimum atomic E-state index is -0.308. The number of aromatic amines is 1. The lowest BCUT2D eigenvalue weighted by Gasteiger charge is -2.59. The highest BCUT2D eigenvalue weighted by Gasteiger charge is 2.53. The molecule has 0 aromatic carbocycles. The van der Waals surface area contributed by atoms with Crippen LogP contribution < -0.4 is 10.9 Å². The summed E-state index contributed by atoms with van der Waals surface area (Å²) in [6.45, 7) is 2.14. The Bertz CT molecular complexity index is 613. The van der Waals surface area contributed by atoms with Crippen LogP contribution in [0.5, 0.6) is 0 Å². The van der Waals surface area contributed by atoms with E-state index in [2.05, 4.69) is 17.2 Å². The first kappa shape index (κ1) is 14.0. The van der Waals surface area contributed by atoms with Gasteiger partial charge in [-0.05, 0) is 80.8 Å². The van der Waals surface area contributed by atoms with Gasteiger partial charge in [-0.15, -0.1) is 0 Å². The average Bonchev–Trinajstić information content (AvgIpc) is 2.46. The fourth-order valence-electron chi connectivity index (χ4n) is 5.74. The summed E-state index contributed by atoms with van der Waals surface area (Å²) in [7, 11) is 0. The molecule has 0 aliphatic heterocycles. The predicted octanol–water partition coefficient (Wildman–Crippen LogP) is 2.71. The molecule has 4 bridgehead atoms. The lowest BCUT2D eigenvalue weighted by Crippen LogP contribution is -2.56. The van der Waals surface area contributed by atoms with Crippen LogP contribution in [0.25, 0.3) is 0 Å². The molecule has 4 heteroatoms. The quantitative estimate of drug-likeness (QED) is 0.901. The summed E-state index contributed by atoms with van der Waals surface area (Å²) in [5, 5.41) is 3.14. The second kappa shape index (κ2) is 4.97. The van der Waals surface area contributed by atoms with E-state index in [1.165, 1.54) is 38.5 Å². The smallest absolute Gasteiger partial charge is 0.260 e. The number of pyridine rings is 1. The van der Waals surface area contributed by atoms with Gasteiger partial charge in [0.05, 0.1) is 0 Å². The van der Waals surface area contributed by atoms with Crippen molar-refractivity contribution in [3.8, 4) is 0 Å². The number of hydrogen-bond acceptors (Lipinski definition) is 2. The third-order valence-electron chi connectivity index (χ3n) is 6.41. The van der Waals surface area contributed by atoms with Crippen LogP contribution in [0.1, 0.15) is 55.8 Å². The molecular weight excluding hydrogens is 276 g/mol. The van der Waals surface area contributed by atoms with E-state index in [0.717, 1.165) is 17.8 Å². The van der Waals surface area contributed by atoms with E-state index >= 15 is 0 Å². The molecular formula is C18H24N2O2. The Morgan fingerprint density at radius 2 is 1.82 bits per heavy atom. The van der Waals surface area contributed by atoms with Gasteiger partial charge in [0.1, 0.15) is 5.56 Å². The van der Waals surface area contributed by atoms with Crippen molar-refractivity contribution in [1.82, 2.24) is 10.3 Å². The van der Waals surface area contributed by atoms with Crippen LogP contribution in [0.2, 0.25) is 0 Å². The van der Waals surface area contributed by atoms with Gasteiger partial charge < -0.3 is 10.3 Å². The van der Waals surface area contributed by atoms with Crippen molar-refractivity contribution in [2.45, 2.75) is 51.5 Å². The Labute approximate surface area is 130 Å². The van der Waals surface area contributed by atoms with Crippen LogP contribution >= 0.6 is 0 Å². The Morgan fingerprint density at radius 3 is 2.36 bits per heavy atom. The first-order chi connectivity index (χ1) is 10.6. The van der Waals surface area contributed by atoms with E-state index in [0.29, 0.717) is 0 Å². The number of carbonyl (C=O) groups is 1. The van der Waals surface area contributed by atoms with E-state index in [9.17, 15) is 9.59 Å². The molecule has 1 heterocycles. The molecule has 1 aromatic heterocycles. The molecule has 22 heavy (non-hydrogen) atoms. The normalized spacial score (nSPS) is 37.0. The van der Waals surface area contributed by atoms with Crippen molar-refractivity contribution in [1.29, 1.82) is 0 Å². The van der Waals surface area contributed by atoms with Gasteiger partial charge in [0.2, 0.25) is 0 Å². The Hall–Kier alpha value is -1.58. The minimum Gasteiger partial charge on any atom is -0.349 e. The second-order valence-electron chi connectivity index (χ2n) is 7.89. The summed E-state index contributed by atoms with van der Waals surface area (Å²) in [6, 6.07) is 3.44. The van der Waals surface area contributed by atoms with Gasteiger partial charge in [0, 0.05) is 12.2 Å². The highest BCUT2D eigenvalue weighted by Crippen LogP contribution is 2.61. The summed E-state index contributed by atoms with van der Waals surface area (Å²) in [5.74, 6) is 2.37. The monoisotopic (exact) mass is 300 g/mol. The number of nitrogens with one attached hydrogen (secondary N) is 2. The number of carbonyl (C=O) groups excluding carboxylic acids is 1. The number of H-pyrrole nitrogens is 1. The van der Waals surface area contributed by atoms with Crippen LogP contribution in [-0.4, -0.2) is 16.9 Å². The standard InChI is InChI=1S/C18H24N2O2/c1-11(20-17(22)15-3-2-4-19-16(15)21)18-8-12-5-13(9-18)7-14(6-12)10-18/h2-4,11-14H,5-10H2,1H3,(H,19,21)(H,20,22). The maximum absolute atomic E-state index is 12.4. The number of rotatable bonds is 3. The summed E-state index contributed by atoms with van der Waals surface area (Å²) in [6.07, 6.45) is 9.53. The molecule has 4 saturated carbocycles. The third-order valence-corrected chi connectivity index (χ3v) is 6.41. The first-order valence-corrected chi connectivity index (χ1v) is 8.54. The zero-order chi connectivity index (χ0) is 15.3. The Balaban J connectivity index is 1.53. The molecule has 118 valence electrons. The van der Waals surface area contributed by atoms with Crippen molar-refractivity contribution >= 4 is 5.91 Å². The van der Waals surface area contributed by atoms with Gasteiger partial charge >= 0.3 is 0 Å². The zero-order valence-corrected chi connectivity index (χ0v) is 13.1. The fourth-order valence-corrected chi connectivity index (χ4v) is 5.74. The molecule has 4 fully saturated rings. The molecule has 5 rings (SSSR count). The van der Waals surface area contributed by atoms with Crippen molar-refractivity contribution in [2.75, 3.05) is 0 Å². The van der Waals surface area contributed by atoms with Crippen LogP contribution in [0.4, 0.5) is 0 Å². The van der Waals surface area contributed by atoms with Gasteiger partial charge in [-0.3, -0.25) is 9.59 Å². The largest absolute Gasteiger partial charge is 0.349 e. The zero-order valence-electron chi connectivity index (χ0n) is 13.1. The van der Waals surface area contributed by atoms with Crippen LogP contribution in [-0.2, 0) is 0 Å². The topological polar surface area (TPSA) is 62.0 Å². The van der Waals surface area contributed by atoms with E-state index < -0.39 is 0 Å². The van der Waals surface area contributed by atoms with Crippen molar-refractivity contribution in [3.05, 3.63) is 34.2 Å². The Morgan fingerprint density at radius 1 is 1.23 bits per heavy atom. The van der Waals surface area contributed by atoms with Gasteiger partial charge in [-0.2, -0.15) is 0 Å². The molecule has 4 nitrogen and oxygen atoms in total. The number of aromatic nitrogens is 1. The molecule has 4 aliphatic carbocycles. The average molecular weight is 300 g/mol. The molecule has 0 radical (unpaired) electrons. The summed E-state index contributed by atoms with van der Waals surface area (Å²) < 4.78 is 0. The first-order valence-electron chi connectivity index (χ1n) is 8.54. The van der Waals surface area contributed by atoms with Gasteiger partial charge in [0.15, 0.2) is 0 Å². The number of hydrogen-bond donors (Lipinski definition) is 2. The molecule has 2 N–H and O–H groups in total. The van der Waals surface area contributed by atoms with Crippen molar-refractivity contribution in [3.63, 3.8) is 0 Å². The van der Waals surface area contributed by atoms with E-state index in [4.69, 9.17) is 0 Å². The molecule has 1 amide bonds. The SMILES string of the molecule is CC(NC(=O)c1ccc[nH]c1=O)C12CC3CC(CC(C3)C1)C2. The van der Waals surface area contributed by atoms with E-state index in [1.807, 2.05) is 0 Å². The Kier molecular flexibility index (Phi) is 3.17. The minimum absolute atomic E-state index is 0.146. The fraction of sp³-hybridized carbons (Fsp3) is 0.667. The third kappa shape index (κ3) is 2.20. The molecule has 0 saturated heterocycles. The van der Waals surface area contributed by atoms with Crippen LogP contribution in [0.15, 0.2) is 23.1 Å². The second-order valence-corrected chi connectivity index (χ2v) is 7.89. The van der Waals surface area contributed by atoms with Gasteiger partial charge in [0.25, 0.3) is 11.5 Å². The van der Waals surface area contributed by atoms with Gasteiger partial charge in [-0.1, -0.05) is 0 Å². The summed E-state index contributed by atoms with van der Waals surface area (Å²) in [4.78, 5) is 26.8. The molecule has 4 aliphatic rings. The number of amides is 1. The molecule has 0 spiro atoms. The van der Waals surface area contributed by atoms with Crippen molar-refractivity contribution in [2.24, 2.45) is 23.2 Å². The molecule has 1 unspecified atom stereocenters. The maximum atomic E-state index is 12.4. The van der Waals surface area contributed by atoms with E-state index in [-0.39, 0.29) is 28.5 Å². The lowest BCUT2D eigenvalue weighted by atomic mass is 9.48. The molecule has 1 aromatic rings. The highest BCUT2D eigenvalue weighted by atomic mass is 16.2. The maximum Gasteiger partial charge on any atom is 0.260 e. The van der Waals surface area contributed by atoms with Crippen molar-refractivity contribution < 1.29 is 4.79 Å². The predicted molar refractivity (Wildman–Crippen MR) is 84.6 cm³/mol. The summed E-state index contributed by atoms with van der Waals surface area (Å²) >= 11 is 0.